The fraction of sp³-hybridized carbons (Fsp3) is 0.107. The van der Waals surface area contributed by atoms with E-state index < -0.39 is 23.8 Å². The number of carbonyl (C=O) groups excluding carboxylic acids is 2. The number of rotatable bonds is 8. The number of carboxylic acid groups (broad SMARTS) is 1. The molecule has 0 aliphatic carbocycles. The zero-order valence-electron chi connectivity index (χ0n) is 19.1. The summed E-state index contributed by atoms with van der Waals surface area (Å²) in [7, 11) is 0. The lowest BCUT2D eigenvalue weighted by molar-refractivity contribution is -0.141. The van der Waals surface area contributed by atoms with E-state index >= 15 is 0 Å². The van der Waals surface area contributed by atoms with E-state index in [4.69, 9.17) is 0 Å². The van der Waals surface area contributed by atoms with E-state index in [-0.39, 0.29) is 12.1 Å². The van der Waals surface area contributed by atoms with Gasteiger partial charge in [-0.1, -0.05) is 66.2 Å². The van der Waals surface area contributed by atoms with Gasteiger partial charge in [0.25, 0.3) is 11.8 Å². The molecule has 176 valence electrons. The molecule has 4 aromatic rings. The zero-order valence-corrected chi connectivity index (χ0v) is 19.1. The van der Waals surface area contributed by atoms with Crippen LogP contribution in [-0.4, -0.2) is 33.9 Å². The Kier molecular flexibility index (Phi) is 7.07. The van der Waals surface area contributed by atoms with Crippen molar-refractivity contribution in [1.29, 1.82) is 0 Å². The van der Waals surface area contributed by atoms with Crippen molar-refractivity contribution < 1.29 is 19.5 Å². The molecule has 0 spiro atoms. The molecular formula is C28H25N3O4. The maximum absolute atomic E-state index is 13.2. The van der Waals surface area contributed by atoms with Crippen LogP contribution in [0, 0.1) is 6.92 Å². The van der Waals surface area contributed by atoms with Crippen molar-refractivity contribution in [3.05, 3.63) is 113 Å². The molecule has 1 heterocycles. The van der Waals surface area contributed by atoms with Crippen molar-refractivity contribution in [2.24, 2.45) is 0 Å². The van der Waals surface area contributed by atoms with E-state index in [0.29, 0.717) is 11.1 Å². The van der Waals surface area contributed by atoms with Gasteiger partial charge in [0.1, 0.15) is 11.7 Å². The van der Waals surface area contributed by atoms with E-state index in [2.05, 4.69) is 15.6 Å². The smallest absolute Gasteiger partial charge is 0.326 e. The average Bonchev–Trinajstić information content (AvgIpc) is 3.27. The van der Waals surface area contributed by atoms with Crippen molar-refractivity contribution in [1.82, 2.24) is 15.6 Å². The van der Waals surface area contributed by atoms with Gasteiger partial charge in [0.05, 0.1) is 0 Å². The van der Waals surface area contributed by atoms with E-state index in [1.54, 1.807) is 36.5 Å². The van der Waals surface area contributed by atoms with Crippen molar-refractivity contribution in [2.45, 2.75) is 19.4 Å². The monoisotopic (exact) mass is 467 g/mol. The summed E-state index contributed by atoms with van der Waals surface area (Å²) in [5.41, 5.74) is 3.72. The first kappa shape index (κ1) is 23.5. The number of carboxylic acids is 1. The number of fused-ring (bicyclic) bond motifs is 1. The lowest BCUT2D eigenvalue weighted by atomic mass is 10.0. The standard InChI is InChI=1S/C28H25N3O4/c1-18-11-13-19(14-12-18)15-24(30-26(32)20-7-3-2-4-8-20)27(33)31-25(28(34)35)16-21-17-29-23-10-6-5-9-22(21)23/h2-15,17,25,29H,16H2,1H3,(H,30,32)(H,31,33)(H,34,35)/b24-15-/t25-/m1/s1. The van der Waals surface area contributed by atoms with Gasteiger partial charge in [-0.25, -0.2) is 4.79 Å². The maximum Gasteiger partial charge on any atom is 0.326 e. The molecule has 1 atom stereocenters. The number of carbonyl (C=O) groups is 3. The minimum absolute atomic E-state index is 0.0483. The number of H-pyrrole nitrogens is 1. The number of nitrogens with one attached hydrogen (secondary N) is 3. The number of aromatic nitrogens is 1. The normalized spacial score (nSPS) is 12.2. The van der Waals surface area contributed by atoms with Crippen LogP contribution in [0.3, 0.4) is 0 Å². The number of benzene rings is 3. The molecule has 0 fully saturated rings. The van der Waals surface area contributed by atoms with Crippen LogP contribution in [0.25, 0.3) is 17.0 Å². The third-order valence-corrected chi connectivity index (χ3v) is 5.62. The van der Waals surface area contributed by atoms with Gasteiger partial charge in [-0.2, -0.15) is 0 Å². The third-order valence-electron chi connectivity index (χ3n) is 5.62. The lowest BCUT2D eigenvalue weighted by Crippen LogP contribution is -2.45. The van der Waals surface area contributed by atoms with Gasteiger partial charge < -0.3 is 20.7 Å². The molecule has 4 N–H and O–H groups in total. The molecule has 0 aliphatic rings. The molecule has 35 heavy (non-hydrogen) atoms. The SMILES string of the molecule is Cc1ccc(/C=C(\NC(=O)c2ccccc2)C(=O)N[C@H](Cc2c[nH]c3ccccc23)C(=O)O)cc1. The maximum atomic E-state index is 13.2. The number of aryl methyl sites for hydroxylation is 1. The van der Waals surface area contributed by atoms with Gasteiger partial charge in [0, 0.05) is 29.1 Å². The summed E-state index contributed by atoms with van der Waals surface area (Å²) < 4.78 is 0. The topological polar surface area (TPSA) is 111 Å². The minimum Gasteiger partial charge on any atom is -0.480 e. The van der Waals surface area contributed by atoms with Crippen LogP contribution in [0.4, 0.5) is 0 Å². The summed E-state index contributed by atoms with van der Waals surface area (Å²) in [6.07, 6.45) is 3.35. The molecule has 7 nitrogen and oxygen atoms in total. The Morgan fingerprint density at radius 1 is 0.943 bits per heavy atom. The Morgan fingerprint density at radius 3 is 2.34 bits per heavy atom. The first-order chi connectivity index (χ1) is 16.9. The van der Waals surface area contributed by atoms with E-state index in [9.17, 15) is 19.5 Å². The number of aliphatic carboxylic acids is 1. The summed E-state index contributed by atoms with van der Waals surface area (Å²) in [6.45, 7) is 1.94. The second-order valence-corrected chi connectivity index (χ2v) is 8.22. The highest BCUT2D eigenvalue weighted by Gasteiger charge is 2.24. The van der Waals surface area contributed by atoms with Crippen molar-refractivity contribution in [3.63, 3.8) is 0 Å². The molecule has 3 aromatic carbocycles. The van der Waals surface area contributed by atoms with Gasteiger partial charge in [0.2, 0.25) is 0 Å². The van der Waals surface area contributed by atoms with E-state index in [1.807, 2.05) is 55.5 Å². The Bertz CT molecular complexity index is 1390. The fourth-order valence-corrected chi connectivity index (χ4v) is 3.73. The molecule has 0 saturated carbocycles. The zero-order chi connectivity index (χ0) is 24.8. The van der Waals surface area contributed by atoms with Crippen molar-refractivity contribution in [3.8, 4) is 0 Å². The summed E-state index contributed by atoms with van der Waals surface area (Å²) >= 11 is 0. The Labute approximate surface area is 202 Å². The number of hydrogen-bond acceptors (Lipinski definition) is 3. The highest BCUT2D eigenvalue weighted by atomic mass is 16.4. The summed E-state index contributed by atoms with van der Waals surface area (Å²) in [6, 6.07) is 22.3. The Morgan fingerprint density at radius 2 is 1.63 bits per heavy atom. The number of aromatic amines is 1. The van der Waals surface area contributed by atoms with Crippen LogP contribution in [0.2, 0.25) is 0 Å². The first-order valence-electron chi connectivity index (χ1n) is 11.1. The van der Waals surface area contributed by atoms with Gasteiger partial charge in [-0.15, -0.1) is 0 Å². The van der Waals surface area contributed by atoms with Crippen molar-refractivity contribution in [2.75, 3.05) is 0 Å². The summed E-state index contributed by atoms with van der Waals surface area (Å²) in [5.74, 6) is -2.34. The Hall–Kier alpha value is -4.65. The van der Waals surface area contributed by atoms with Crippen LogP contribution in [-0.2, 0) is 16.0 Å². The molecule has 0 saturated heterocycles. The number of para-hydroxylation sites is 1. The predicted molar refractivity (Wildman–Crippen MR) is 135 cm³/mol. The molecule has 4 rings (SSSR count). The van der Waals surface area contributed by atoms with Crippen LogP contribution < -0.4 is 10.6 Å². The van der Waals surface area contributed by atoms with E-state index in [0.717, 1.165) is 22.0 Å². The van der Waals surface area contributed by atoms with Crippen molar-refractivity contribution >= 4 is 34.8 Å². The van der Waals surface area contributed by atoms with Crippen LogP contribution in [0.1, 0.15) is 27.0 Å². The summed E-state index contributed by atoms with van der Waals surface area (Å²) in [5, 5.41) is 15.9. The largest absolute Gasteiger partial charge is 0.480 e. The van der Waals surface area contributed by atoms with Gasteiger partial charge in [-0.05, 0) is 42.3 Å². The third kappa shape index (κ3) is 5.83. The molecule has 0 radical (unpaired) electrons. The van der Waals surface area contributed by atoms with Crippen LogP contribution in [0.5, 0.6) is 0 Å². The molecule has 7 heteroatoms. The van der Waals surface area contributed by atoms with Crippen LogP contribution >= 0.6 is 0 Å². The van der Waals surface area contributed by atoms with E-state index in [1.165, 1.54) is 6.08 Å². The molecule has 0 unspecified atom stereocenters. The highest BCUT2D eigenvalue weighted by molar-refractivity contribution is 6.06. The fourth-order valence-electron chi connectivity index (χ4n) is 3.73. The molecular weight excluding hydrogens is 442 g/mol. The molecule has 2 amide bonds. The second-order valence-electron chi connectivity index (χ2n) is 8.22. The highest BCUT2D eigenvalue weighted by Crippen LogP contribution is 2.19. The Balaban J connectivity index is 1.59. The van der Waals surface area contributed by atoms with Gasteiger partial charge >= 0.3 is 5.97 Å². The average molecular weight is 468 g/mol. The number of hydrogen-bond donors (Lipinski definition) is 4. The minimum atomic E-state index is -1.20. The molecule has 1 aromatic heterocycles. The second kappa shape index (κ2) is 10.5. The predicted octanol–water partition coefficient (Wildman–Crippen LogP) is 4.06. The van der Waals surface area contributed by atoms with Gasteiger partial charge in [0.15, 0.2) is 0 Å². The first-order valence-corrected chi connectivity index (χ1v) is 11.1. The van der Waals surface area contributed by atoms with Gasteiger partial charge in [-0.3, -0.25) is 9.59 Å². The number of amides is 2. The lowest BCUT2D eigenvalue weighted by Gasteiger charge is -2.17. The molecule has 0 bridgehead atoms. The van der Waals surface area contributed by atoms with Crippen LogP contribution in [0.15, 0.2) is 90.8 Å². The summed E-state index contributed by atoms with van der Waals surface area (Å²) in [4.78, 5) is 41.1. The molecule has 0 aliphatic heterocycles. The quantitative estimate of drug-likeness (QED) is 0.293.